The van der Waals surface area contributed by atoms with Crippen molar-refractivity contribution in [1.82, 2.24) is 0 Å². The van der Waals surface area contributed by atoms with E-state index in [2.05, 4.69) is 66.0 Å². The van der Waals surface area contributed by atoms with Crippen LogP contribution in [0.25, 0.3) is 12.2 Å². The molecule has 0 saturated carbocycles. The number of benzene rings is 2. The van der Waals surface area contributed by atoms with Crippen LogP contribution in [0.4, 0.5) is 5.69 Å². The molecule has 2 aromatic rings. The van der Waals surface area contributed by atoms with Crippen molar-refractivity contribution < 1.29 is 0 Å². The quantitative estimate of drug-likeness (QED) is 0.772. The highest BCUT2D eigenvalue weighted by Crippen LogP contribution is 2.10. The lowest BCUT2D eigenvalue weighted by Crippen LogP contribution is -1.86. The molecule has 0 fully saturated rings. The second kappa shape index (κ2) is 6.45. The summed E-state index contributed by atoms with van der Waals surface area (Å²) in [6.07, 6.45) is 8.31. The molecule has 1 N–H and O–H groups in total. The van der Waals surface area contributed by atoms with Crippen molar-refractivity contribution >= 4 is 17.8 Å². The van der Waals surface area contributed by atoms with E-state index < -0.39 is 0 Å². The molecule has 0 spiro atoms. The van der Waals surface area contributed by atoms with Crippen LogP contribution >= 0.6 is 0 Å². The molecular formula is C17H17N. The smallest absolute Gasteiger partial charge is 0.0337 e. The van der Waals surface area contributed by atoms with Gasteiger partial charge >= 0.3 is 0 Å². The summed E-state index contributed by atoms with van der Waals surface area (Å²) in [5.41, 5.74) is 3.55. The Kier molecular flexibility index (Phi) is 4.37. The van der Waals surface area contributed by atoms with Crippen LogP contribution in [0.2, 0.25) is 0 Å². The van der Waals surface area contributed by atoms with E-state index in [4.69, 9.17) is 0 Å². The van der Waals surface area contributed by atoms with Crippen LogP contribution in [0.1, 0.15) is 11.1 Å². The van der Waals surface area contributed by atoms with Gasteiger partial charge in [0.05, 0.1) is 0 Å². The molecule has 0 aromatic heterocycles. The highest BCUT2D eigenvalue weighted by molar-refractivity contribution is 5.59. The summed E-state index contributed by atoms with van der Waals surface area (Å²) < 4.78 is 0. The minimum absolute atomic E-state index is 1.13. The van der Waals surface area contributed by atoms with Gasteiger partial charge in [-0.1, -0.05) is 66.8 Å². The number of rotatable bonds is 4. The van der Waals surface area contributed by atoms with E-state index in [1.54, 1.807) is 0 Å². The first-order valence-corrected chi connectivity index (χ1v) is 6.06. The zero-order valence-corrected chi connectivity index (χ0v) is 10.5. The second-order valence-electron chi connectivity index (χ2n) is 4.00. The normalized spacial score (nSPS) is 11.2. The van der Waals surface area contributed by atoms with Crippen LogP contribution in [-0.4, -0.2) is 7.05 Å². The standard InChI is InChI=1S/C17H17N/c1-18-17-13-11-16(12-14-17)10-6-5-9-15-7-3-2-4-8-15/h2-14,18H,1H3/b9-5+,10-6+. The number of anilines is 1. The van der Waals surface area contributed by atoms with Crippen LogP contribution in [0.5, 0.6) is 0 Å². The summed E-state index contributed by atoms with van der Waals surface area (Å²) in [4.78, 5) is 0. The summed E-state index contributed by atoms with van der Waals surface area (Å²) in [5.74, 6) is 0. The van der Waals surface area contributed by atoms with Crippen molar-refractivity contribution in [2.45, 2.75) is 0 Å². The molecule has 1 nitrogen and oxygen atoms in total. The third-order valence-electron chi connectivity index (χ3n) is 2.69. The van der Waals surface area contributed by atoms with Gasteiger partial charge in [0.1, 0.15) is 0 Å². The molecule has 18 heavy (non-hydrogen) atoms. The Hall–Kier alpha value is -2.28. The van der Waals surface area contributed by atoms with E-state index in [0.717, 1.165) is 5.69 Å². The summed E-state index contributed by atoms with van der Waals surface area (Å²) in [7, 11) is 1.92. The van der Waals surface area contributed by atoms with Gasteiger partial charge in [0.15, 0.2) is 0 Å². The average Bonchev–Trinajstić information content (AvgIpc) is 2.45. The van der Waals surface area contributed by atoms with Gasteiger partial charge in [0.25, 0.3) is 0 Å². The van der Waals surface area contributed by atoms with E-state index in [-0.39, 0.29) is 0 Å². The number of hydrogen-bond acceptors (Lipinski definition) is 1. The first-order valence-electron chi connectivity index (χ1n) is 6.06. The fourth-order valence-electron chi connectivity index (χ4n) is 1.66. The molecule has 0 aliphatic heterocycles. The van der Waals surface area contributed by atoms with Gasteiger partial charge in [-0.25, -0.2) is 0 Å². The van der Waals surface area contributed by atoms with E-state index in [1.165, 1.54) is 11.1 Å². The molecule has 0 radical (unpaired) electrons. The van der Waals surface area contributed by atoms with Crippen LogP contribution in [-0.2, 0) is 0 Å². The monoisotopic (exact) mass is 235 g/mol. The molecule has 2 rings (SSSR count). The van der Waals surface area contributed by atoms with Crippen LogP contribution in [0.3, 0.4) is 0 Å². The topological polar surface area (TPSA) is 12.0 Å². The predicted molar refractivity (Wildman–Crippen MR) is 80.5 cm³/mol. The maximum atomic E-state index is 3.10. The van der Waals surface area contributed by atoms with E-state index in [9.17, 15) is 0 Å². The minimum Gasteiger partial charge on any atom is -0.388 e. The van der Waals surface area contributed by atoms with Crippen LogP contribution in [0, 0.1) is 0 Å². The van der Waals surface area contributed by atoms with Crippen molar-refractivity contribution in [3.63, 3.8) is 0 Å². The molecule has 0 bridgehead atoms. The lowest BCUT2D eigenvalue weighted by Gasteiger charge is -1.98. The Morgan fingerprint density at radius 3 is 1.83 bits per heavy atom. The molecule has 2 aromatic carbocycles. The predicted octanol–water partition coefficient (Wildman–Crippen LogP) is 4.45. The first-order chi connectivity index (χ1) is 8.88. The third-order valence-corrected chi connectivity index (χ3v) is 2.69. The first kappa shape index (κ1) is 12.2. The van der Waals surface area contributed by atoms with Crippen molar-refractivity contribution in [3.8, 4) is 0 Å². The molecule has 0 aliphatic carbocycles. The maximum Gasteiger partial charge on any atom is 0.0337 e. The average molecular weight is 235 g/mol. The summed E-state index contributed by atoms with van der Waals surface area (Å²) >= 11 is 0. The Morgan fingerprint density at radius 2 is 1.28 bits per heavy atom. The van der Waals surface area contributed by atoms with E-state index in [0.29, 0.717) is 0 Å². The molecule has 0 aliphatic rings. The molecule has 0 amide bonds. The SMILES string of the molecule is CNc1ccc(/C=C/C=C/c2ccccc2)cc1. The summed E-state index contributed by atoms with van der Waals surface area (Å²) in [6, 6.07) is 18.6. The Morgan fingerprint density at radius 1 is 0.722 bits per heavy atom. The van der Waals surface area contributed by atoms with Crippen molar-refractivity contribution in [3.05, 3.63) is 77.9 Å². The molecule has 0 unspecified atom stereocenters. The summed E-state index contributed by atoms with van der Waals surface area (Å²) in [5, 5.41) is 3.10. The molecule has 1 heteroatoms. The minimum atomic E-state index is 1.13. The highest BCUT2D eigenvalue weighted by atomic mass is 14.8. The molecular weight excluding hydrogens is 218 g/mol. The van der Waals surface area contributed by atoms with Gasteiger partial charge in [-0.05, 0) is 23.3 Å². The Balaban J connectivity index is 1.96. The summed E-state index contributed by atoms with van der Waals surface area (Å²) in [6.45, 7) is 0. The van der Waals surface area contributed by atoms with Crippen molar-refractivity contribution in [2.24, 2.45) is 0 Å². The highest BCUT2D eigenvalue weighted by Gasteiger charge is 1.87. The molecule has 0 saturated heterocycles. The van der Waals surface area contributed by atoms with Gasteiger partial charge in [0, 0.05) is 12.7 Å². The third kappa shape index (κ3) is 3.63. The number of hydrogen-bond donors (Lipinski definition) is 1. The Bertz CT molecular complexity index is 521. The van der Waals surface area contributed by atoms with Gasteiger partial charge in [-0.3, -0.25) is 0 Å². The van der Waals surface area contributed by atoms with Crippen molar-refractivity contribution in [2.75, 3.05) is 12.4 Å². The number of nitrogens with one attached hydrogen (secondary N) is 1. The van der Waals surface area contributed by atoms with Crippen LogP contribution < -0.4 is 5.32 Å². The van der Waals surface area contributed by atoms with Crippen molar-refractivity contribution in [1.29, 1.82) is 0 Å². The fraction of sp³-hybridized carbons (Fsp3) is 0.0588. The van der Waals surface area contributed by atoms with Crippen LogP contribution in [0.15, 0.2) is 66.7 Å². The van der Waals surface area contributed by atoms with E-state index >= 15 is 0 Å². The largest absolute Gasteiger partial charge is 0.388 e. The number of allylic oxidation sites excluding steroid dienone is 2. The molecule has 0 heterocycles. The lowest BCUT2D eigenvalue weighted by atomic mass is 10.2. The second-order valence-corrected chi connectivity index (χ2v) is 4.00. The maximum absolute atomic E-state index is 3.10. The van der Waals surface area contributed by atoms with Gasteiger partial charge < -0.3 is 5.32 Å². The fourth-order valence-corrected chi connectivity index (χ4v) is 1.66. The van der Waals surface area contributed by atoms with E-state index in [1.807, 2.05) is 25.2 Å². The zero-order valence-electron chi connectivity index (χ0n) is 10.5. The van der Waals surface area contributed by atoms with Gasteiger partial charge in [0.2, 0.25) is 0 Å². The van der Waals surface area contributed by atoms with Gasteiger partial charge in [-0.15, -0.1) is 0 Å². The molecule has 90 valence electrons. The van der Waals surface area contributed by atoms with Gasteiger partial charge in [-0.2, -0.15) is 0 Å². The Labute approximate surface area is 108 Å². The molecule has 0 atom stereocenters. The lowest BCUT2D eigenvalue weighted by molar-refractivity contribution is 1.51. The zero-order chi connectivity index (χ0) is 12.6.